The molecule has 0 fully saturated rings. The van der Waals surface area contributed by atoms with Gasteiger partial charge in [0, 0.05) is 10.7 Å². The topological polar surface area (TPSA) is 59.8 Å². The summed E-state index contributed by atoms with van der Waals surface area (Å²) in [7, 11) is 0. The first-order chi connectivity index (χ1) is 18.4. The molecule has 1 atom stereocenters. The molecular formula is C32H24ClNO4. The number of aryl methyl sites for hydroxylation is 2. The molecule has 6 heteroatoms. The molecule has 38 heavy (non-hydrogen) atoms. The van der Waals surface area contributed by atoms with Crippen LogP contribution in [0, 0.1) is 13.8 Å². The van der Waals surface area contributed by atoms with E-state index in [1.807, 2.05) is 86.6 Å². The fourth-order valence-electron chi connectivity index (χ4n) is 4.89. The molecule has 1 aliphatic rings. The number of anilines is 1. The molecule has 0 bridgehead atoms. The Morgan fingerprint density at radius 2 is 1.63 bits per heavy atom. The van der Waals surface area contributed by atoms with Crippen LogP contribution in [0.15, 0.2) is 100 Å². The predicted molar refractivity (Wildman–Crippen MR) is 149 cm³/mol. The van der Waals surface area contributed by atoms with Crippen molar-refractivity contribution in [2.75, 3.05) is 4.90 Å². The van der Waals surface area contributed by atoms with Crippen molar-refractivity contribution in [1.29, 1.82) is 0 Å². The van der Waals surface area contributed by atoms with Gasteiger partial charge in [0.2, 0.25) is 5.76 Å². The van der Waals surface area contributed by atoms with Gasteiger partial charge >= 0.3 is 0 Å². The van der Waals surface area contributed by atoms with Crippen LogP contribution >= 0.6 is 11.6 Å². The SMILES string of the molecule is Cc1ccc(N2C(=O)c3oc4ccc(Cl)cc4c(=O)c3C2c2ccc(OCc3ccccc3)cc2)cc1C. The molecule has 2 heterocycles. The first-order valence-corrected chi connectivity index (χ1v) is 12.7. The number of rotatable bonds is 5. The Morgan fingerprint density at radius 3 is 2.37 bits per heavy atom. The number of carbonyl (C=O) groups excluding carboxylic acids is 1. The van der Waals surface area contributed by atoms with Gasteiger partial charge in [0.15, 0.2) is 5.43 Å². The van der Waals surface area contributed by atoms with Gasteiger partial charge in [-0.15, -0.1) is 0 Å². The fourth-order valence-corrected chi connectivity index (χ4v) is 5.06. The number of halogens is 1. The Morgan fingerprint density at radius 1 is 0.868 bits per heavy atom. The van der Waals surface area contributed by atoms with Gasteiger partial charge in [-0.3, -0.25) is 14.5 Å². The van der Waals surface area contributed by atoms with Crippen molar-refractivity contribution in [2.24, 2.45) is 0 Å². The largest absolute Gasteiger partial charge is 0.489 e. The molecule has 1 aliphatic heterocycles. The standard InChI is InChI=1S/C32H24ClNO4/c1-19-8-12-24(16-20(19)2)34-29(22-9-13-25(14-10-22)37-18-21-6-4-3-5-7-21)28-30(35)26-17-23(33)11-15-27(26)38-31(28)32(34)36/h3-17,29H,18H2,1-2H3. The van der Waals surface area contributed by atoms with Crippen molar-refractivity contribution in [2.45, 2.75) is 26.5 Å². The number of amides is 1. The van der Waals surface area contributed by atoms with Crippen LogP contribution < -0.4 is 15.1 Å². The molecule has 1 unspecified atom stereocenters. The third-order valence-corrected chi connectivity index (χ3v) is 7.28. The second-order valence-electron chi connectivity index (χ2n) is 9.50. The molecule has 0 radical (unpaired) electrons. The Labute approximate surface area is 224 Å². The van der Waals surface area contributed by atoms with Gasteiger partial charge in [-0.25, -0.2) is 0 Å². The van der Waals surface area contributed by atoms with E-state index >= 15 is 0 Å². The van der Waals surface area contributed by atoms with Crippen molar-refractivity contribution >= 4 is 34.2 Å². The van der Waals surface area contributed by atoms with Crippen LogP contribution in [-0.2, 0) is 6.61 Å². The van der Waals surface area contributed by atoms with Crippen LogP contribution in [0.2, 0.25) is 5.02 Å². The summed E-state index contributed by atoms with van der Waals surface area (Å²) in [6, 6.07) is 27.5. The molecule has 0 spiro atoms. The Bertz CT molecular complexity index is 1740. The minimum absolute atomic E-state index is 0.0532. The first kappa shape index (κ1) is 24.0. The highest BCUT2D eigenvalue weighted by atomic mass is 35.5. The van der Waals surface area contributed by atoms with Crippen molar-refractivity contribution in [1.82, 2.24) is 0 Å². The molecule has 6 rings (SSSR count). The normalized spacial score (nSPS) is 14.7. The lowest BCUT2D eigenvalue weighted by atomic mass is 9.98. The van der Waals surface area contributed by atoms with E-state index in [1.54, 1.807) is 23.1 Å². The fraction of sp³-hybridized carbons (Fsp3) is 0.125. The van der Waals surface area contributed by atoms with Crippen LogP contribution in [0.5, 0.6) is 5.75 Å². The van der Waals surface area contributed by atoms with E-state index in [4.69, 9.17) is 20.8 Å². The van der Waals surface area contributed by atoms with E-state index in [9.17, 15) is 9.59 Å². The average molecular weight is 522 g/mol. The van der Waals surface area contributed by atoms with Crippen LogP contribution in [0.4, 0.5) is 5.69 Å². The number of carbonyl (C=O) groups is 1. The Kier molecular flexibility index (Phi) is 6.01. The van der Waals surface area contributed by atoms with Gasteiger partial charge in [0.25, 0.3) is 5.91 Å². The lowest BCUT2D eigenvalue weighted by Gasteiger charge is -2.26. The summed E-state index contributed by atoms with van der Waals surface area (Å²) in [6.45, 7) is 4.46. The minimum Gasteiger partial charge on any atom is -0.489 e. The molecular weight excluding hydrogens is 498 g/mol. The lowest BCUT2D eigenvalue weighted by molar-refractivity contribution is 0.0971. The van der Waals surface area contributed by atoms with Crippen LogP contribution in [-0.4, -0.2) is 5.91 Å². The van der Waals surface area contributed by atoms with E-state index in [0.29, 0.717) is 39.6 Å². The maximum absolute atomic E-state index is 13.8. The molecule has 188 valence electrons. The molecule has 0 saturated heterocycles. The van der Waals surface area contributed by atoms with E-state index in [2.05, 4.69) is 0 Å². The van der Waals surface area contributed by atoms with Gasteiger partial charge in [0.1, 0.15) is 17.9 Å². The molecule has 5 nitrogen and oxygen atoms in total. The third kappa shape index (κ3) is 4.15. The molecule has 0 saturated carbocycles. The summed E-state index contributed by atoms with van der Waals surface area (Å²) in [6.07, 6.45) is 0. The smallest absolute Gasteiger partial charge is 0.295 e. The summed E-state index contributed by atoms with van der Waals surface area (Å²) in [4.78, 5) is 29.3. The van der Waals surface area contributed by atoms with E-state index in [-0.39, 0.29) is 17.1 Å². The predicted octanol–water partition coefficient (Wildman–Crippen LogP) is 7.39. The first-order valence-electron chi connectivity index (χ1n) is 12.3. The highest BCUT2D eigenvalue weighted by Gasteiger charge is 2.43. The maximum Gasteiger partial charge on any atom is 0.295 e. The van der Waals surface area contributed by atoms with E-state index in [0.717, 1.165) is 22.3 Å². The Hall–Kier alpha value is -4.35. The number of hydrogen-bond donors (Lipinski definition) is 0. The number of nitrogens with zero attached hydrogens (tertiary/aromatic N) is 1. The molecule has 5 aromatic rings. The maximum atomic E-state index is 13.8. The summed E-state index contributed by atoms with van der Waals surface area (Å²) < 4.78 is 12.0. The summed E-state index contributed by atoms with van der Waals surface area (Å²) in [5, 5.41) is 0.773. The zero-order valence-corrected chi connectivity index (χ0v) is 21.7. The highest BCUT2D eigenvalue weighted by Crippen LogP contribution is 2.42. The molecule has 0 aliphatic carbocycles. The minimum atomic E-state index is -0.664. The number of fused-ring (bicyclic) bond motifs is 2. The van der Waals surface area contributed by atoms with Crippen molar-refractivity contribution < 1.29 is 13.9 Å². The van der Waals surface area contributed by atoms with Gasteiger partial charge in [-0.05, 0) is 78.6 Å². The molecule has 0 N–H and O–H groups in total. The average Bonchev–Trinajstić information content (AvgIpc) is 3.22. The number of benzene rings is 4. The van der Waals surface area contributed by atoms with E-state index < -0.39 is 6.04 Å². The third-order valence-electron chi connectivity index (χ3n) is 7.05. The second-order valence-corrected chi connectivity index (χ2v) is 9.94. The van der Waals surface area contributed by atoms with Crippen LogP contribution in [0.25, 0.3) is 11.0 Å². The van der Waals surface area contributed by atoms with Gasteiger partial charge in [0.05, 0.1) is 17.0 Å². The zero-order chi connectivity index (χ0) is 26.4. The van der Waals surface area contributed by atoms with Gasteiger partial charge < -0.3 is 9.15 Å². The second kappa shape index (κ2) is 9.51. The highest BCUT2D eigenvalue weighted by molar-refractivity contribution is 6.31. The van der Waals surface area contributed by atoms with E-state index in [1.165, 1.54) is 0 Å². The monoisotopic (exact) mass is 521 g/mol. The van der Waals surface area contributed by atoms with Crippen molar-refractivity contribution in [3.63, 3.8) is 0 Å². The molecule has 4 aromatic carbocycles. The van der Waals surface area contributed by atoms with Crippen LogP contribution in [0.3, 0.4) is 0 Å². The zero-order valence-electron chi connectivity index (χ0n) is 20.9. The lowest BCUT2D eigenvalue weighted by Crippen LogP contribution is -2.29. The van der Waals surface area contributed by atoms with Crippen molar-refractivity contribution in [3.8, 4) is 5.75 Å². The molecule has 1 aromatic heterocycles. The van der Waals surface area contributed by atoms with Gasteiger partial charge in [-0.2, -0.15) is 0 Å². The quantitative estimate of drug-likeness (QED) is 0.242. The van der Waals surface area contributed by atoms with Crippen LogP contribution in [0.1, 0.15) is 44.4 Å². The number of ether oxygens (including phenoxy) is 1. The molecule has 1 amide bonds. The van der Waals surface area contributed by atoms with Gasteiger partial charge in [-0.1, -0.05) is 60.1 Å². The summed E-state index contributed by atoms with van der Waals surface area (Å²) in [5.74, 6) is 0.390. The summed E-state index contributed by atoms with van der Waals surface area (Å²) in [5.41, 5.74) is 5.07. The Balaban J connectivity index is 1.46. The summed E-state index contributed by atoms with van der Waals surface area (Å²) >= 11 is 6.20. The number of hydrogen-bond acceptors (Lipinski definition) is 4. The van der Waals surface area contributed by atoms with Crippen molar-refractivity contribution in [3.05, 3.63) is 140 Å².